The molecule has 2 aliphatic rings. The molecular formula is C27H27N3O7S2. The largest absolute Gasteiger partial charge is 0.454 e. The molecule has 39 heavy (non-hydrogen) atoms. The van der Waals surface area contributed by atoms with Gasteiger partial charge in [-0.1, -0.05) is 50.0 Å². The highest BCUT2D eigenvalue weighted by Gasteiger charge is 2.41. The number of esters is 1. The topological polar surface area (TPSA) is 127 Å². The van der Waals surface area contributed by atoms with Crippen molar-refractivity contribution in [1.29, 1.82) is 0 Å². The van der Waals surface area contributed by atoms with Gasteiger partial charge >= 0.3 is 5.97 Å². The van der Waals surface area contributed by atoms with Gasteiger partial charge in [-0.05, 0) is 42.5 Å². The summed E-state index contributed by atoms with van der Waals surface area (Å²) in [4.78, 5) is 64.0. The van der Waals surface area contributed by atoms with Gasteiger partial charge in [-0.3, -0.25) is 24.5 Å². The van der Waals surface area contributed by atoms with Crippen LogP contribution in [0.4, 0.5) is 11.4 Å². The van der Waals surface area contributed by atoms with Gasteiger partial charge in [-0.25, -0.2) is 9.69 Å². The standard InChI is InChI=1S/C27H27N3O7S2/c1-16-10-17(2)14-28(13-16)27(38)39-23-12-24(32)29(25(23)33)20-8-6-18(7-9-20)26(34)37-15-22(31)19-4-3-5-21(11-19)30(35)36/h3-9,11,16-17,23H,10,12-15H2,1-2H3/t16-,17+,23-/m1/s1. The van der Waals surface area contributed by atoms with E-state index in [0.29, 0.717) is 21.8 Å². The van der Waals surface area contributed by atoms with E-state index in [1.54, 1.807) is 0 Å². The van der Waals surface area contributed by atoms with E-state index in [0.717, 1.165) is 30.5 Å². The lowest BCUT2D eigenvalue weighted by molar-refractivity contribution is -0.384. The van der Waals surface area contributed by atoms with E-state index in [2.05, 4.69) is 18.7 Å². The lowest BCUT2D eigenvalue weighted by atomic mass is 9.92. The number of non-ortho nitro benzene ring substituents is 1. The zero-order valence-corrected chi connectivity index (χ0v) is 23.0. The summed E-state index contributed by atoms with van der Waals surface area (Å²) in [6, 6.07) is 10.9. The number of thioether (sulfide) groups is 1. The fraction of sp³-hybridized carbons (Fsp3) is 0.370. The number of amides is 2. The summed E-state index contributed by atoms with van der Waals surface area (Å²) in [5, 5.41) is 10.3. The molecule has 12 heteroatoms. The number of nitrogens with zero attached hydrogens (tertiary/aromatic N) is 3. The number of benzene rings is 2. The number of nitro benzene ring substituents is 1. The van der Waals surface area contributed by atoms with Crippen LogP contribution in [0.3, 0.4) is 0 Å². The fourth-order valence-corrected chi connectivity index (χ4v) is 6.28. The van der Waals surface area contributed by atoms with Crippen molar-refractivity contribution < 1.29 is 28.8 Å². The quantitative estimate of drug-likeness (QED) is 0.119. The first-order chi connectivity index (χ1) is 18.5. The highest BCUT2D eigenvalue weighted by Crippen LogP contribution is 2.33. The molecule has 2 aromatic rings. The Morgan fingerprint density at radius 3 is 2.38 bits per heavy atom. The van der Waals surface area contributed by atoms with E-state index >= 15 is 0 Å². The number of likely N-dealkylation sites (tertiary alicyclic amines) is 1. The van der Waals surface area contributed by atoms with Gasteiger partial charge in [-0.2, -0.15) is 0 Å². The van der Waals surface area contributed by atoms with Crippen LogP contribution in [0, 0.1) is 22.0 Å². The Balaban J connectivity index is 1.34. The summed E-state index contributed by atoms with van der Waals surface area (Å²) < 4.78 is 5.68. The van der Waals surface area contributed by atoms with Crippen molar-refractivity contribution in [2.24, 2.45) is 11.8 Å². The molecule has 2 aliphatic heterocycles. The van der Waals surface area contributed by atoms with Gasteiger partial charge in [0, 0.05) is 37.2 Å². The van der Waals surface area contributed by atoms with Crippen LogP contribution in [0.25, 0.3) is 0 Å². The van der Waals surface area contributed by atoms with Crippen LogP contribution in [-0.4, -0.2) is 62.7 Å². The third kappa shape index (κ3) is 6.69. The lowest BCUT2D eigenvalue weighted by Gasteiger charge is -2.36. The molecular weight excluding hydrogens is 542 g/mol. The molecule has 2 fully saturated rings. The number of carbonyl (C=O) groups is 4. The number of hydrogen-bond acceptors (Lipinski definition) is 9. The molecule has 2 saturated heterocycles. The van der Waals surface area contributed by atoms with Crippen LogP contribution in [0.1, 0.15) is 47.4 Å². The highest BCUT2D eigenvalue weighted by molar-refractivity contribution is 8.23. The van der Waals surface area contributed by atoms with Crippen molar-refractivity contribution in [2.45, 2.75) is 31.9 Å². The monoisotopic (exact) mass is 569 g/mol. The second-order valence-corrected chi connectivity index (χ2v) is 11.7. The summed E-state index contributed by atoms with van der Waals surface area (Å²) in [7, 11) is 0. The molecule has 0 saturated carbocycles. The molecule has 0 N–H and O–H groups in total. The Morgan fingerprint density at radius 1 is 1.08 bits per heavy atom. The third-order valence-corrected chi connectivity index (χ3v) is 8.21. The number of hydrogen-bond donors (Lipinski definition) is 0. The first-order valence-electron chi connectivity index (χ1n) is 12.4. The van der Waals surface area contributed by atoms with Gasteiger partial charge in [-0.15, -0.1) is 0 Å². The number of rotatable bonds is 7. The van der Waals surface area contributed by atoms with Gasteiger partial charge in [0.2, 0.25) is 17.6 Å². The van der Waals surface area contributed by atoms with E-state index in [1.165, 1.54) is 54.2 Å². The Morgan fingerprint density at radius 2 is 1.74 bits per heavy atom. The minimum atomic E-state index is -0.789. The summed E-state index contributed by atoms with van der Waals surface area (Å²) in [6.07, 6.45) is 1.17. The highest BCUT2D eigenvalue weighted by atomic mass is 32.2. The fourth-order valence-electron chi connectivity index (χ4n) is 4.81. The Labute approximate surface area is 234 Å². The third-order valence-electron chi connectivity index (χ3n) is 6.55. The van der Waals surface area contributed by atoms with E-state index in [-0.39, 0.29) is 35.0 Å². The van der Waals surface area contributed by atoms with Crippen molar-refractivity contribution in [2.75, 3.05) is 24.6 Å². The normalized spacial score (nSPS) is 21.1. The van der Waals surface area contributed by atoms with E-state index in [4.69, 9.17) is 17.0 Å². The molecule has 0 bridgehead atoms. The molecule has 0 aliphatic carbocycles. The lowest BCUT2D eigenvalue weighted by Crippen LogP contribution is -2.41. The van der Waals surface area contributed by atoms with Crippen LogP contribution in [-0.2, 0) is 14.3 Å². The average Bonchev–Trinajstić information content (AvgIpc) is 3.18. The molecule has 0 unspecified atom stereocenters. The summed E-state index contributed by atoms with van der Waals surface area (Å²) in [5.74, 6) is -1.07. The van der Waals surface area contributed by atoms with Crippen LogP contribution in [0.5, 0.6) is 0 Å². The second-order valence-electron chi connectivity index (χ2n) is 9.85. The second kappa shape index (κ2) is 12.0. The van der Waals surface area contributed by atoms with Crippen molar-refractivity contribution in [1.82, 2.24) is 4.90 Å². The molecule has 2 heterocycles. The minimum Gasteiger partial charge on any atom is -0.454 e. The molecule has 10 nitrogen and oxygen atoms in total. The first kappa shape index (κ1) is 28.4. The van der Waals surface area contributed by atoms with Gasteiger partial charge in [0.25, 0.3) is 5.69 Å². The Hall–Kier alpha value is -3.64. The number of thiocarbonyl (C=S) groups is 1. The van der Waals surface area contributed by atoms with Crippen molar-refractivity contribution in [3.8, 4) is 0 Å². The van der Waals surface area contributed by atoms with Crippen molar-refractivity contribution >= 4 is 63.2 Å². The summed E-state index contributed by atoms with van der Waals surface area (Å²) >= 11 is 6.85. The maximum absolute atomic E-state index is 13.1. The number of carbonyl (C=O) groups excluding carboxylic acids is 4. The molecule has 3 atom stereocenters. The number of ketones is 1. The van der Waals surface area contributed by atoms with E-state index < -0.39 is 28.5 Å². The maximum atomic E-state index is 13.1. The number of anilines is 1. The summed E-state index contributed by atoms with van der Waals surface area (Å²) in [5.41, 5.74) is 0.245. The molecule has 4 rings (SSSR count). The smallest absolute Gasteiger partial charge is 0.338 e. The molecule has 0 radical (unpaired) electrons. The van der Waals surface area contributed by atoms with Gasteiger partial charge < -0.3 is 9.64 Å². The number of piperidine rings is 1. The SMILES string of the molecule is C[C@@H]1C[C@H](C)CN(C(=S)S[C@@H]2CC(=O)N(c3ccc(C(=O)OCC(=O)c4cccc([N+](=O)[O-])c4)cc3)C2=O)C1. The minimum absolute atomic E-state index is 0.0339. The number of ether oxygens (including phenoxy) is 1. The molecule has 0 spiro atoms. The first-order valence-corrected chi connectivity index (χ1v) is 13.7. The van der Waals surface area contributed by atoms with Crippen LogP contribution in [0.2, 0.25) is 0 Å². The zero-order valence-electron chi connectivity index (χ0n) is 21.4. The van der Waals surface area contributed by atoms with Gasteiger partial charge in [0.05, 0.1) is 16.2 Å². The van der Waals surface area contributed by atoms with E-state index in [9.17, 15) is 29.3 Å². The molecule has 0 aromatic heterocycles. The Kier molecular flexibility index (Phi) is 8.76. The summed E-state index contributed by atoms with van der Waals surface area (Å²) in [6.45, 7) is 5.43. The van der Waals surface area contributed by atoms with Crippen molar-refractivity contribution in [3.63, 3.8) is 0 Å². The number of nitro groups is 1. The number of Topliss-reactive ketones (excluding diaryl/α,β-unsaturated/α-hetero) is 1. The van der Waals surface area contributed by atoms with Gasteiger partial charge in [0.15, 0.2) is 6.61 Å². The molecule has 2 aromatic carbocycles. The van der Waals surface area contributed by atoms with Crippen molar-refractivity contribution in [3.05, 3.63) is 69.8 Å². The maximum Gasteiger partial charge on any atom is 0.338 e. The predicted octanol–water partition coefficient (Wildman–Crippen LogP) is 4.26. The molecule has 2 amide bonds. The van der Waals surface area contributed by atoms with Crippen LogP contribution >= 0.6 is 24.0 Å². The predicted molar refractivity (Wildman–Crippen MR) is 150 cm³/mol. The van der Waals surface area contributed by atoms with Crippen LogP contribution in [0.15, 0.2) is 48.5 Å². The average molecular weight is 570 g/mol. The van der Waals surface area contributed by atoms with E-state index in [1.807, 2.05) is 0 Å². The zero-order chi connectivity index (χ0) is 28.3. The Bertz CT molecular complexity index is 1320. The number of imide groups is 1. The van der Waals surface area contributed by atoms with Crippen LogP contribution < -0.4 is 4.90 Å². The van der Waals surface area contributed by atoms with Gasteiger partial charge in [0.1, 0.15) is 9.57 Å². The molecule has 204 valence electrons.